The number of halogens is 1. The van der Waals surface area contributed by atoms with Gasteiger partial charge < -0.3 is 14.3 Å². The first kappa shape index (κ1) is 18.2. The molecule has 1 fully saturated rings. The molecule has 1 aliphatic rings. The molecule has 0 spiro atoms. The van der Waals surface area contributed by atoms with E-state index in [2.05, 4.69) is 5.43 Å². The molecule has 0 saturated carbocycles. The van der Waals surface area contributed by atoms with E-state index in [4.69, 9.17) is 4.42 Å². The predicted octanol–water partition coefficient (Wildman–Crippen LogP) is 1.91. The van der Waals surface area contributed by atoms with Crippen LogP contribution in [0.2, 0.25) is 0 Å². The normalized spacial score (nSPS) is 15.1. The molecule has 0 radical (unpaired) electrons. The predicted molar refractivity (Wildman–Crippen MR) is 98.5 cm³/mol. The van der Waals surface area contributed by atoms with Gasteiger partial charge >= 0.3 is 0 Å². The van der Waals surface area contributed by atoms with E-state index in [9.17, 15) is 23.9 Å². The van der Waals surface area contributed by atoms with E-state index < -0.39 is 23.6 Å². The molecule has 29 heavy (non-hydrogen) atoms. The van der Waals surface area contributed by atoms with E-state index in [1.807, 2.05) is 0 Å². The lowest BCUT2D eigenvalue weighted by Gasteiger charge is -2.14. The first-order chi connectivity index (χ1) is 13.9. The summed E-state index contributed by atoms with van der Waals surface area (Å²) < 4.78 is 19.0. The summed E-state index contributed by atoms with van der Waals surface area (Å²) in [6.07, 6.45) is 1.29. The van der Waals surface area contributed by atoms with Crippen molar-refractivity contribution in [3.8, 4) is 11.3 Å². The Morgan fingerprint density at radius 3 is 2.52 bits per heavy atom. The molecule has 7 nitrogen and oxygen atoms in total. The second-order valence-electron chi connectivity index (χ2n) is 6.19. The number of hydrogen-bond donors (Lipinski definition) is 1. The van der Waals surface area contributed by atoms with Gasteiger partial charge in [-0.05, 0) is 42.0 Å². The maximum absolute atomic E-state index is 13.4. The van der Waals surface area contributed by atoms with Crippen molar-refractivity contribution in [1.29, 1.82) is 0 Å². The molecule has 1 N–H and O–H groups in total. The van der Waals surface area contributed by atoms with Crippen molar-refractivity contribution in [3.63, 3.8) is 0 Å². The van der Waals surface area contributed by atoms with Gasteiger partial charge in [0.25, 0.3) is 11.8 Å². The molecule has 3 aromatic rings. The van der Waals surface area contributed by atoms with Crippen molar-refractivity contribution in [3.05, 3.63) is 83.4 Å². The number of benzene rings is 2. The number of carbonyl (C=O) groups excluding carboxylic acids is 3. The number of furan rings is 1. The Hall–Kier alpha value is -4.20. The monoisotopic (exact) mass is 391 g/mol. The van der Waals surface area contributed by atoms with Gasteiger partial charge in [-0.25, -0.2) is 9.40 Å². The zero-order chi connectivity index (χ0) is 20.5. The highest BCUT2D eigenvalue weighted by Crippen LogP contribution is 2.26. The number of nitrogens with one attached hydrogen (secondary N) is 1. The van der Waals surface area contributed by atoms with Crippen LogP contribution in [-0.4, -0.2) is 17.8 Å². The van der Waals surface area contributed by atoms with E-state index in [1.54, 1.807) is 24.3 Å². The molecule has 2 amide bonds. The minimum Gasteiger partial charge on any atom is -0.545 e. The molecule has 1 aromatic heterocycles. The Balaban J connectivity index is 1.59. The molecule has 4 rings (SSSR count). The molecule has 144 valence electrons. The van der Waals surface area contributed by atoms with Gasteiger partial charge in [-0.3, -0.25) is 15.0 Å². The van der Waals surface area contributed by atoms with Crippen molar-refractivity contribution in [2.45, 2.75) is 0 Å². The molecule has 0 aliphatic carbocycles. The van der Waals surface area contributed by atoms with Crippen LogP contribution in [-0.2, 0) is 9.59 Å². The highest BCUT2D eigenvalue weighted by molar-refractivity contribution is 6.31. The van der Waals surface area contributed by atoms with Gasteiger partial charge in [0.05, 0.1) is 11.7 Å². The summed E-state index contributed by atoms with van der Waals surface area (Å²) >= 11 is 0. The summed E-state index contributed by atoms with van der Waals surface area (Å²) in [5.74, 6) is -2.43. The van der Waals surface area contributed by atoms with E-state index >= 15 is 0 Å². The van der Waals surface area contributed by atoms with Crippen LogP contribution in [0.15, 0.2) is 70.7 Å². The molecule has 8 heteroatoms. The lowest BCUT2D eigenvalue weighted by atomic mass is 10.1. The number of amides is 2. The standard InChI is InChI=1S/C21H13FN2O5/c22-14-2-1-3-15(10-14)24-20(26)17(19(25)23-24)11-16-8-9-18(29-16)12-4-6-13(7-5-12)21(27)28/h1-11H,(H,23,25)(H,27,28)/p-1/b17-11+. The van der Waals surface area contributed by atoms with Crippen LogP contribution in [0.25, 0.3) is 17.4 Å². The van der Waals surface area contributed by atoms with E-state index in [0.717, 1.165) is 11.1 Å². The smallest absolute Gasteiger partial charge is 0.282 e. The highest BCUT2D eigenvalue weighted by atomic mass is 19.1. The molecule has 1 aliphatic heterocycles. The Bertz CT molecular complexity index is 1160. The average Bonchev–Trinajstić information content (AvgIpc) is 3.28. The van der Waals surface area contributed by atoms with Crippen LogP contribution in [0, 0.1) is 5.82 Å². The number of hydrogen-bond acceptors (Lipinski definition) is 5. The Labute approximate surface area is 163 Å². The van der Waals surface area contributed by atoms with Gasteiger partial charge in [-0.15, -0.1) is 0 Å². The number of anilines is 1. The Morgan fingerprint density at radius 2 is 1.83 bits per heavy atom. The number of carboxylic acid groups (broad SMARTS) is 1. The van der Waals surface area contributed by atoms with Crippen LogP contribution in [0.3, 0.4) is 0 Å². The number of nitrogens with zero attached hydrogens (tertiary/aromatic N) is 1. The maximum atomic E-state index is 13.4. The molecule has 0 bridgehead atoms. The summed E-state index contributed by atoms with van der Waals surface area (Å²) in [4.78, 5) is 35.6. The van der Waals surface area contributed by atoms with Crippen molar-refractivity contribution in [1.82, 2.24) is 5.43 Å². The third-order valence-corrected chi connectivity index (χ3v) is 4.28. The van der Waals surface area contributed by atoms with Gasteiger partial charge in [0.15, 0.2) is 0 Å². The number of carbonyl (C=O) groups is 3. The molecule has 1 saturated heterocycles. The molecule has 2 heterocycles. The molecule has 0 atom stereocenters. The van der Waals surface area contributed by atoms with Crippen LogP contribution < -0.4 is 15.5 Å². The Kier molecular flexibility index (Phi) is 4.44. The van der Waals surface area contributed by atoms with E-state index in [1.165, 1.54) is 36.4 Å². The minimum absolute atomic E-state index is 0.0355. The van der Waals surface area contributed by atoms with Gasteiger partial charge in [0.2, 0.25) is 0 Å². The largest absolute Gasteiger partial charge is 0.545 e. The first-order valence-corrected chi connectivity index (χ1v) is 8.47. The summed E-state index contributed by atoms with van der Waals surface area (Å²) in [7, 11) is 0. The molecular formula is C21H12FN2O5-. The lowest BCUT2D eigenvalue weighted by Crippen LogP contribution is -2.35. The van der Waals surface area contributed by atoms with Crippen LogP contribution in [0.5, 0.6) is 0 Å². The summed E-state index contributed by atoms with van der Waals surface area (Å²) in [6, 6.07) is 14.4. The second-order valence-corrected chi connectivity index (χ2v) is 6.19. The van der Waals surface area contributed by atoms with Gasteiger partial charge in [0.1, 0.15) is 22.9 Å². The quantitative estimate of drug-likeness (QED) is 0.541. The summed E-state index contributed by atoms with van der Waals surface area (Å²) in [5.41, 5.74) is 3.06. The number of aromatic carboxylic acids is 1. The SMILES string of the molecule is O=C1NN(c2cccc(F)c2)C(=O)/C1=C/c1ccc(-c2ccc(C(=O)[O-])cc2)o1. The molecular weight excluding hydrogens is 379 g/mol. The molecule has 2 aromatic carbocycles. The fraction of sp³-hybridized carbons (Fsp3) is 0. The average molecular weight is 391 g/mol. The van der Waals surface area contributed by atoms with Crippen LogP contribution in [0.1, 0.15) is 16.1 Å². The van der Waals surface area contributed by atoms with E-state index in [-0.39, 0.29) is 22.6 Å². The number of rotatable bonds is 4. The molecule has 0 unspecified atom stereocenters. The fourth-order valence-corrected chi connectivity index (χ4v) is 2.85. The Morgan fingerprint density at radius 1 is 1.07 bits per heavy atom. The number of hydrazine groups is 1. The van der Waals surface area contributed by atoms with Crippen LogP contribution >= 0.6 is 0 Å². The minimum atomic E-state index is -1.28. The fourth-order valence-electron chi connectivity index (χ4n) is 2.85. The topological polar surface area (TPSA) is 103 Å². The maximum Gasteiger partial charge on any atom is 0.282 e. The van der Waals surface area contributed by atoms with Crippen molar-refractivity contribution < 1.29 is 28.3 Å². The number of carboxylic acids is 1. The zero-order valence-corrected chi connectivity index (χ0v) is 14.7. The zero-order valence-electron chi connectivity index (χ0n) is 14.7. The third-order valence-electron chi connectivity index (χ3n) is 4.28. The van der Waals surface area contributed by atoms with Gasteiger partial charge in [-0.2, -0.15) is 0 Å². The van der Waals surface area contributed by atoms with E-state index in [0.29, 0.717) is 11.3 Å². The van der Waals surface area contributed by atoms with Crippen LogP contribution in [0.4, 0.5) is 10.1 Å². The van der Waals surface area contributed by atoms with Crippen molar-refractivity contribution >= 4 is 29.5 Å². The van der Waals surface area contributed by atoms with Gasteiger partial charge in [-0.1, -0.05) is 30.3 Å². The second kappa shape index (κ2) is 7.08. The third kappa shape index (κ3) is 3.51. The van der Waals surface area contributed by atoms with Gasteiger partial charge in [0, 0.05) is 5.56 Å². The van der Waals surface area contributed by atoms with Crippen molar-refractivity contribution in [2.24, 2.45) is 0 Å². The first-order valence-electron chi connectivity index (χ1n) is 8.47. The summed E-state index contributed by atoms with van der Waals surface area (Å²) in [5, 5.41) is 11.8. The highest BCUT2D eigenvalue weighted by Gasteiger charge is 2.34. The summed E-state index contributed by atoms with van der Waals surface area (Å²) in [6.45, 7) is 0. The van der Waals surface area contributed by atoms with Crippen molar-refractivity contribution in [2.75, 3.05) is 5.01 Å². The lowest BCUT2D eigenvalue weighted by molar-refractivity contribution is -0.255.